The van der Waals surface area contributed by atoms with Gasteiger partial charge in [-0.05, 0) is 43.7 Å². The number of unbranched alkanes of at least 4 members (excludes halogenated alkanes) is 1. The Hall–Kier alpha value is -2.11. The molecule has 1 aromatic heterocycles. The number of rotatable bonds is 8. The van der Waals surface area contributed by atoms with Crippen LogP contribution in [0.1, 0.15) is 44.6 Å². The molecule has 0 radical (unpaired) electrons. The van der Waals surface area contributed by atoms with Crippen LogP contribution < -0.4 is 10.6 Å². The van der Waals surface area contributed by atoms with Crippen LogP contribution in [0, 0.1) is 5.92 Å². The Labute approximate surface area is 150 Å². The van der Waals surface area contributed by atoms with E-state index in [-0.39, 0.29) is 11.9 Å². The Morgan fingerprint density at radius 2 is 2.04 bits per heavy atom. The van der Waals surface area contributed by atoms with Gasteiger partial charge in [0, 0.05) is 38.6 Å². The molecular formula is C19H30N4O2. The van der Waals surface area contributed by atoms with Gasteiger partial charge in [-0.3, -0.25) is 9.78 Å². The van der Waals surface area contributed by atoms with Gasteiger partial charge in [0.1, 0.15) is 0 Å². The second-order valence-electron chi connectivity index (χ2n) is 6.64. The maximum Gasteiger partial charge on any atom is 0.314 e. The first-order chi connectivity index (χ1) is 12.2. The van der Waals surface area contributed by atoms with Gasteiger partial charge in [-0.15, -0.1) is 0 Å². The van der Waals surface area contributed by atoms with E-state index in [0.29, 0.717) is 18.9 Å². The zero-order valence-corrected chi connectivity index (χ0v) is 15.2. The molecule has 6 nitrogen and oxygen atoms in total. The van der Waals surface area contributed by atoms with Crippen LogP contribution in [0.5, 0.6) is 0 Å². The summed E-state index contributed by atoms with van der Waals surface area (Å²) in [5, 5.41) is 5.59. The lowest BCUT2D eigenvalue weighted by Gasteiger charge is -2.32. The van der Waals surface area contributed by atoms with Crippen molar-refractivity contribution >= 4 is 11.9 Å². The molecule has 3 amide bonds. The van der Waals surface area contributed by atoms with Gasteiger partial charge in [0.15, 0.2) is 0 Å². The molecular weight excluding hydrogens is 316 g/mol. The molecule has 2 N–H and O–H groups in total. The minimum atomic E-state index is -0.0806. The minimum Gasteiger partial charge on any atom is -0.342 e. The van der Waals surface area contributed by atoms with Crippen molar-refractivity contribution in [3.8, 4) is 0 Å². The number of hydrogen-bond acceptors (Lipinski definition) is 3. The third kappa shape index (κ3) is 7.11. The summed E-state index contributed by atoms with van der Waals surface area (Å²) in [5.41, 5.74) is 0.981. The van der Waals surface area contributed by atoms with Gasteiger partial charge >= 0.3 is 6.03 Å². The summed E-state index contributed by atoms with van der Waals surface area (Å²) in [5.74, 6) is 0.907. The minimum absolute atomic E-state index is 0.0806. The predicted molar refractivity (Wildman–Crippen MR) is 98.2 cm³/mol. The highest BCUT2D eigenvalue weighted by Crippen LogP contribution is 2.23. The van der Waals surface area contributed by atoms with Crippen LogP contribution in [0.25, 0.3) is 0 Å². The predicted octanol–water partition coefficient (Wildman–Crippen LogP) is 2.35. The Morgan fingerprint density at radius 1 is 1.24 bits per heavy atom. The smallest absolute Gasteiger partial charge is 0.314 e. The highest BCUT2D eigenvalue weighted by Gasteiger charge is 2.22. The number of hydrogen-bond donors (Lipinski definition) is 2. The number of piperidine rings is 1. The third-order valence-corrected chi connectivity index (χ3v) is 4.71. The van der Waals surface area contributed by atoms with Crippen LogP contribution >= 0.6 is 0 Å². The Morgan fingerprint density at radius 3 is 2.72 bits per heavy atom. The van der Waals surface area contributed by atoms with E-state index in [1.807, 2.05) is 24.0 Å². The monoisotopic (exact) mass is 346 g/mol. The Bertz CT molecular complexity index is 527. The molecule has 6 heteroatoms. The Balaban J connectivity index is 1.57. The number of carbonyl (C=O) groups excluding carboxylic acids is 2. The van der Waals surface area contributed by atoms with Gasteiger partial charge in [0.05, 0.1) is 6.42 Å². The normalized spacial score (nSPS) is 15.0. The van der Waals surface area contributed by atoms with Crippen molar-refractivity contribution in [2.75, 3.05) is 26.2 Å². The van der Waals surface area contributed by atoms with Crippen molar-refractivity contribution in [3.05, 3.63) is 30.1 Å². The Kier molecular flexibility index (Phi) is 8.22. The first-order valence-corrected chi connectivity index (χ1v) is 9.37. The molecule has 0 aromatic carbocycles. The van der Waals surface area contributed by atoms with Gasteiger partial charge < -0.3 is 15.5 Å². The van der Waals surface area contributed by atoms with Crippen LogP contribution in [-0.4, -0.2) is 48.0 Å². The van der Waals surface area contributed by atoms with Crippen LogP contribution in [0.15, 0.2) is 24.5 Å². The van der Waals surface area contributed by atoms with E-state index >= 15 is 0 Å². The van der Waals surface area contributed by atoms with Crippen molar-refractivity contribution in [2.45, 2.75) is 45.4 Å². The van der Waals surface area contributed by atoms with E-state index in [2.05, 4.69) is 15.6 Å². The fourth-order valence-corrected chi connectivity index (χ4v) is 3.24. The lowest BCUT2D eigenvalue weighted by Crippen LogP contribution is -2.39. The molecule has 1 aliphatic heterocycles. The molecule has 0 bridgehead atoms. The maximum atomic E-state index is 12.3. The molecule has 1 saturated heterocycles. The van der Waals surface area contributed by atoms with Crippen LogP contribution in [0.4, 0.5) is 4.79 Å². The topological polar surface area (TPSA) is 74.3 Å². The van der Waals surface area contributed by atoms with Crippen molar-refractivity contribution in [2.24, 2.45) is 5.92 Å². The molecule has 0 saturated carbocycles. The van der Waals surface area contributed by atoms with Crippen molar-refractivity contribution in [1.82, 2.24) is 20.5 Å². The average Bonchev–Trinajstić information content (AvgIpc) is 2.63. The summed E-state index contributed by atoms with van der Waals surface area (Å²) in [6, 6.07) is 3.74. The van der Waals surface area contributed by atoms with Crippen LogP contribution in [0.3, 0.4) is 0 Å². The quantitative estimate of drug-likeness (QED) is 0.710. The summed E-state index contributed by atoms with van der Waals surface area (Å²) in [7, 11) is 0. The fraction of sp³-hybridized carbons (Fsp3) is 0.632. The molecule has 2 heterocycles. The van der Waals surface area contributed by atoms with Gasteiger partial charge in [-0.1, -0.05) is 18.9 Å². The molecule has 0 aliphatic carbocycles. The zero-order valence-electron chi connectivity index (χ0n) is 15.2. The summed E-state index contributed by atoms with van der Waals surface area (Å²) in [6.07, 6.45) is 9.43. The van der Waals surface area contributed by atoms with E-state index in [1.165, 1.54) is 6.42 Å². The molecule has 0 atom stereocenters. The van der Waals surface area contributed by atoms with E-state index in [1.54, 1.807) is 12.4 Å². The zero-order chi connectivity index (χ0) is 17.9. The van der Waals surface area contributed by atoms with E-state index in [9.17, 15) is 9.59 Å². The molecule has 0 spiro atoms. The number of pyridine rings is 1. The van der Waals surface area contributed by atoms with Crippen molar-refractivity contribution < 1.29 is 9.59 Å². The molecule has 1 aliphatic rings. The number of urea groups is 1. The first kappa shape index (κ1) is 19.2. The summed E-state index contributed by atoms with van der Waals surface area (Å²) in [4.78, 5) is 29.7. The molecule has 0 unspecified atom stereocenters. The molecule has 25 heavy (non-hydrogen) atoms. The average molecular weight is 346 g/mol. The van der Waals surface area contributed by atoms with E-state index < -0.39 is 0 Å². The van der Waals surface area contributed by atoms with Crippen molar-refractivity contribution in [1.29, 1.82) is 0 Å². The van der Waals surface area contributed by atoms with Crippen LogP contribution in [-0.2, 0) is 11.2 Å². The largest absolute Gasteiger partial charge is 0.342 e. The summed E-state index contributed by atoms with van der Waals surface area (Å²) < 4.78 is 0. The van der Waals surface area contributed by atoms with E-state index in [4.69, 9.17) is 0 Å². The number of carbonyl (C=O) groups is 2. The van der Waals surface area contributed by atoms with Gasteiger partial charge in [-0.25, -0.2) is 4.79 Å². The number of likely N-dealkylation sites (tertiary alicyclic amines) is 1. The van der Waals surface area contributed by atoms with Crippen LogP contribution in [0.2, 0.25) is 0 Å². The molecule has 1 fully saturated rings. The van der Waals surface area contributed by atoms with Crippen molar-refractivity contribution in [3.63, 3.8) is 0 Å². The molecule has 1 aromatic rings. The standard InChI is InChI=1S/C19H30N4O2/c1-2-21-19(25)22-11-4-3-6-16-8-12-23(13-9-16)18(24)14-17-7-5-10-20-15-17/h5,7,10,15-16H,2-4,6,8-9,11-14H2,1H3,(H2,21,22,25). The second-order valence-corrected chi connectivity index (χ2v) is 6.64. The first-order valence-electron chi connectivity index (χ1n) is 9.37. The molecule has 138 valence electrons. The number of nitrogens with one attached hydrogen (secondary N) is 2. The summed E-state index contributed by atoms with van der Waals surface area (Å²) >= 11 is 0. The summed E-state index contributed by atoms with van der Waals surface area (Å²) in [6.45, 7) is 5.02. The SMILES string of the molecule is CCNC(=O)NCCCCC1CCN(C(=O)Cc2cccnc2)CC1. The van der Waals surface area contributed by atoms with Gasteiger partial charge in [0.2, 0.25) is 5.91 Å². The van der Waals surface area contributed by atoms with Gasteiger partial charge in [-0.2, -0.15) is 0 Å². The lowest BCUT2D eigenvalue weighted by atomic mass is 9.91. The highest BCUT2D eigenvalue weighted by atomic mass is 16.2. The number of amides is 3. The third-order valence-electron chi connectivity index (χ3n) is 4.71. The second kappa shape index (κ2) is 10.7. The number of aromatic nitrogens is 1. The van der Waals surface area contributed by atoms with E-state index in [0.717, 1.165) is 50.9 Å². The highest BCUT2D eigenvalue weighted by molar-refractivity contribution is 5.78. The maximum absolute atomic E-state index is 12.3. The fourth-order valence-electron chi connectivity index (χ4n) is 3.24. The molecule has 2 rings (SSSR count). The van der Waals surface area contributed by atoms with Gasteiger partial charge in [0.25, 0.3) is 0 Å². The lowest BCUT2D eigenvalue weighted by molar-refractivity contribution is -0.131. The number of nitrogens with zero attached hydrogens (tertiary/aromatic N) is 2.